The minimum atomic E-state index is -0.226. The number of ether oxygens (including phenoxy) is 5. The summed E-state index contributed by atoms with van der Waals surface area (Å²) in [6.45, 7) is 36.8. The van der Waals surface area contributed by atoms with Crippen LogP contribution in [-0.4, -0.2) is 83.5 Å². The van der Waals surface area contributed by atoms with E-state index in [2.05, 4.69) is 103 Å². The van der Waals surface area contributed by atoms with Gasteiger partial charge in [0.25, 0.3) is 0 Å². The molecule has 14 nitrogen and oxygen atoms in total. The Morgan fingerprint density at radius 1 is 0.358 bits per heavy atom. The molecule has 0 N–H and O–H groups in total. The van der Waals surface area contributed by atoms with Crippen molar-refractivity contribution in [2.45, 2.75) is 345 Å². The maximum absolute atomic E-state index is 12.2. The molecule has 5 saturated heterocycles. The van der Waals surface area contributed by atoms with Crippen LogP contribution >= 0.6 is 15.9 Å². The van der Waals surface area contributed by atoms with Gasteiger partial charge in [-0.05, 0) is 283 Å². The second kappa shape index (κ2) is 34.0. The summed E-state index contributed by atoms with van der Waals surface area (Å²) in [6.07, 6.45) is 36.8. The molecule has 10 saturated carbocycles. The number of rotatable bonds is 15. The summed E-state index contributed by atoms with van der Waals surface area (Å²) in [7, 11) is 0. The van der Waals surface area contributed by atoms with Gasteiger partial charge in [0.1, 0.15) is 53.7 Å². The second-order valence-electron chi connectivity index (χ2n) is 39.4. The second-order valence-corrected chi connectivity index (χ2v) is 39.8. The minimum absolute atomic E-state index is 0.00180. The van der Waals surface area contributed by atoms with Crippen molar-refractivity contribution in [3.8, 4) is 0 Å². The van der Waals surface area contributed by atoms with Gasteiger partial charge in [-0.15, -0.1) is 0 Å². The predicted molar refractivity (Wildman–Crippen MR) is 415 cm³/mol. The lowest BCUT2D eigenvalue weighted by molar-refractivity contribution is -0.145. The van der Waals surface area contributed by atoms with Crippen LogP contribution in [0.15, 0.2) is 34.9 Å². The monoisotopic (exact) mass is 1530 g/mol. The minimum Gasteiger partial charge on any atom is -0.462 e. The SMILES string of the molecule is C=C1C[C@@H](C[C@@H](C)[C@H]2CC[C@H]3C(=O)CCC[C@]23C)OC1=O.C=C1C[C@H](C[C@@H](C)[C@H]2CC[C@H]3C(=O)CCC[C@]23C)OC1=O.C[C@H](C[C@H]1C[C@H](C)C(=O)O1)[C@H]1CC[C@H]2/C(=C/Br)CCC[C@]12C.C[C@H](C[C@H]1C[C@H](C)C(=O)O1)[C@H]1CC[C@H]2C(=O)CCC[C@]12C.C[C@H](C[C@H]1C[C@H](C)C(=O)O1)[C@H]1CC[C@H]2C(=O)CCC[C@]12C. The zero-order chi connectivity index (χ0) is 76.7. The van der Waals surface area contributed by atoms with Crippen molar-refractivity contribution in [1.82, 2.24) is 0 Å². The molecule has 15 heteroatoms. The Labute approximate surface area is 645 Å². The Kier molecular flexibility index (Phi) is 26.5. The molecule has 28 atom stereocenters. The van der Waals surface area contributed by atoms with Gasteiger partial charge in [0, 0.05) is 73.3 Å². The number of esters is 5. The summed E-state index contributed by atoms with van der Waals surface area (Å²) >= 11 is 3.59. The summed E-state index contributed by atoms with van der Waals surface area (Å²) < 4.78 is 27.3. The molecule has 0 aromatic heterocycles. The number of cyclic esters (lactones) is 5. The number of carbonyl (C=O) groups excluding carboxylic acids is 9. The first-order valence-corrected chi connectivity index (χ1v) is 43.8. The van der Waals surface area contributed by atoms with E-state index in [1.54, 1.807) is 5.57 Å². The topological polar surface area (TPSA) is 200 Å². The Morgan fingerprint density at radius 2 is 0.594 bits per heavy atom. The maximum atomic E-state index is 12.2. The van der Waals surface area contributed by atoms with E-state index in [0.717, 1.165) is 153 Å². The van der Waals surface area contributed by atoms with E-state index in [4.69, 9.17) is 23.7 Å². The average molecular weight is 1530 g/mol. The van der Waals surface area contributed by atoms with E-state index in [9.17, 15) is 43.2 Å². The lowest BCUT2D eigenvalue weighted by Gasteiger charge is -2.44. The Morgan fingerprint density at radius 3 is 0.821 bits per heavy atom. The molecule has 0 aromatic carbocycles. The van der Waals surface area contributed by atoms with Crippen molar-refractivity contribution in [3.63, 3.8) is 0 Å². The van der Waals surface area contributed by atoms with E-state index in [0.29, 0.717) is 118 Å². The van der Waals surface area contributed by atoms with Gasteiger partial charge in [0.15, 0.2) is 0 Å². The lowest BCUT2D eigenvalue weighted by Crippen LogP contribution is -2.39. The fourth-order valence-corrected chi connectivity index (χ4v) is 27.6. The smallest absolute Gasteiger partial charge is 0.333 e. The first kappa shape index (κ1) is 82.7. The number of halogens is 1. The molecule has 5 heterocycles. The third kappa shape index (κ3) is 17.2. The fourth-order valence-electron chi connectivity index (χ4n) is 27.1. The predicted octanol–water partition coefficient (Wildman–Crippen LogP) is 20.3. The molecule has 0 spiro atoms. The van der Waals surface area contributed by atoms with E-state index in [-0.39, 0.29) is 112 Å². The molecule has 10 aliphatic carbocycles. The van der Waals surface area contributed by atoms with Gasteiger partial charge in [0.05, 0.1) is 17.8 Å². The van der Waals surface area contributed by atoms with Crippen LogP contribution in [0.3, 0.4) is 0 Å². The van der Waals surface area contributed by atoms with Crippen LogP contribution < -0.4 is 0 Å². The zero-order valence-corrected chi connectivity index (χ0v) is 69.2. The molecule has 0 radical (unpaired) electrons. The van der Waals surface area contributed by atoms with E-state index < -0.39 is 0 Å². The Balaban J connectivity index is 0.000000132. The number of carbonyl (C=O) groups is 9. The Hall–Kier alpha value is -4.27. The summed E-state index contributed by atoms with van der Waals surface area (Å²) in [5.74, 6) is 9.46. The number of hydrogen-bond acceptors (Lipinski definition) is 14. The molecule has 15 rings (SSSR count). The molecule has 15 fully saturated rings. The van der Waals surface area contributed by atoms with Crippen LogP contribution in [0.1, 0.15) is 315 Å². The number of fused-ring (bicyclic) bond motifs is 5. The van der Waals surface area contributed by atoms with Crippen LogP contribution in [-0.2, 0) is 66.8 Å². The molecular formula is C91H137BrO14. The molecule has 0 unspecified atom stereocenters. The third-order valence-electron chi connectivity index (χ3n) is 32.5. The van der Waals surface area contributed by atoms with Gasteiger partial charge in [-0.1, -0.05) is 125 Å². The van der Waals surface area contributed by atoms with Crippen molar-refractivity contribution in [1.29, 1.82) is 0 Å². The summed E-state index contributed by atoms with van der Waals surface area (Å²) in [4.78, 5) is 109. The first-order chi connectivity index (χ1) is 50.1. The lowest BCUT2D eigenvalue weighted by atomic mass is 9.61. The Bertz CT molecular complexity index is 3110. The number of ketones is 4. The van der Waals surface area contributed by atoms with Gasteiger partial charge >= 0.3 is 29.8 Å². The molecule has 0 bridgehead atoms. The summed E-state index contributed by atoms with van der Waals surface area (Å²) in [5, 5.41) is 0. The highest BCUT2D eigenvalue weighted by molar-refractivity contribution is 9.11. The largest absolute Gasteiger partial charge is 0.462 e. The van der Waals surface area contributed by atoms with Crippen LogP contribution in [0.2, 0.25) is 0 Å². The van der Waals surface area contributed by atoms with Crippen LogP contribution in [0.4, 0.5) is 0 Å². The zero-order valence-electron chi connectivity index (χ0n) is 67.6. The standard InChI is InChI=1S/C19H29BrO2.2C18H28O3.2C18H26O3/c1-12(9-15-10-13(2)18(21)22-15)16-6-7-17-14(11-20)5-4-8-19(16,17)3;4*1-11(9-13-10-12(2)17(20)21-13)14-6-7-15-16(19)5-4-8-18(14,15)3/h11-13,15-17H,4-10H2,1-3H3;2*11-15H,4-10H2,1-3H3;2*11,13-15H,2,4-10H2,1,3H3/b14-11+;;;;/t12-,13+,15+,16-,17+,19-;2*11-,12+,13+,14-,15+,18-;11-,13+,14-,15+,18-;11-,13-,14-,15+,18-/m11111/s1. The first-order valence-electron chi connectivity index (χ1n) is 42.9. The van der Waals surface area contributed by atoms with Gasteiger partial charge in [-0.25, -0.2) is 9.59 Å². The van der Waals surface area contributed by atoms with Crippen LogP contribution in [0, 0.1) is 134 Å². The average Bonchev–Trinajstić information content (AvgIpc) is 1.62. The molecule has 0 aromatic rings. The quantitative estimate of drug-likeness (QED) is 0.0851. The summed E-state index contributed by atoms with van der Waals surface area (Å²) in [5.41, 5.74) is 4.04. The van der Waals surface area contributed by atoms with Gasteiger partial charge in [-0.3, -0.25) is 33.6 Å². The number of Topliss-reactive ketones (excluding diaryl/α,β-unsaturated/α-hetero) is 4. The molecular weight excluding hydrogens is 1400 g/mol. The normalized spacial score (nSPS) is 43.2. The highest BCUT2D eigenvalue weighted by Gasteiger charge is 2.58. The molecule has 0 amide bonds. The number of hydrogen-bond donors (Lipinski definition) is 0. The van der Waals surface area contributed by atoms with E-state index in [1.807, 2.05) is 20.8 Å². The van der Waals surface area contributed by atoms with Gasteiger partial charge in [-0.2, -0.15) is 0 Å². The van der Waals surface area contributed by atoms with Gasteiger partial charge < -0.3 is 23.7 Å². The molecule has 106 heavy (non-hydrogen) atoms. The van der Waals surface area contributed by atoms with Crippen molar-refractivity contribution in [3.05, 3.63) is 34.9 Å². The highest BCUT2D eigenvalue weighted by atomic mass is 79.9. The third-order valence-corrected chi connectivity index (χ3v) is 33.1. The summed E-state index contributed by atoms with van der Waals surface area (Å²) in [6, 6.07) is 0. The fraction of sp³-hybridized carbons (Fsp3) is 0.835. The van der Waals surface area contributed by atoms with Crippen molar-refractivity contribution < 1.29 is 66.8 Å². The molecule has 592 valence electrons. The van der Waals surface area contributed by atoms with Crippen LogP contribution in [0.25, 0.3) is 0 Å². The van der Waals surface area contributed by atoms with Crippen molar-refractivity contribution in [2.24, 2.45) is 134 Å². The van der Waals surface area contributed by atoms with Crippen molar-refractivity contribution in [2.75, 3.05) is 0 Å². The number of allylic oxidation sites excluding steroid dienone is 1. The molecule has 15 aliphatic rings. The van der Waals surface area contributed by atoms with E-state index in [1.165, 1.54) is 70.6 Å². The van der Waals surface area contributed by atoms with Gasteiger partial charge in [0.2, 0.25) is 0 Å². The van der Waals surface area contributed by atoms with Crippen LogP contribution in [0.5, 0.6) is 0 Å². The molecule has 5 aliphatic heterocycles. The maximum Gasteiger partial charge on any atom is 0.333 e. The highest BCUT2D eigenvalue weighted by Crippen LogP contribution is 2.63. The van der Waals surface area contributed by atoms with E-state index >= 15 is 0 Å². The van der Waals surface area contributed by atoms with Crippen molar-refractivity contribution >= 4 is 68.9 Å².